The zero-order valence-corrected chi connectivity index (χ0v) is 14.5. The summed E-state index contributed by atoms with van der Waals surface area (Å²) in [6.45, 7) is 0.0847. The Kier molecular flexibility index (Phi) is 6.39. The summed E-state index contributed by atoms with van der Waals surface area (Å²) in [7, 11) is 4.25. The van der Waals surface area contributed by atoms with Gasteiger partial charge < -0.3 is 19.1 Å². The fourth-order valence-electron chi connectivity index (χ4n) is 2.44. The Morgan fingerprint density at radius 1 is 0.880 bits per heavy atom. The number of hydrogen-bond donors (Lipinski definition) is 0. The molecule has 0 saturated carbocycles. The lowest BCUT2D eigenvalue weighted by atomic mass is 10.1. The van der Waals surface area contributed by atoms with Gasteiger partial charge in [-0.15, -0.1) is 0 Å². The minimum absolute atomic E-state index is 0.175. The van der Waals surface area contributed by atoms with Gasteiger partial charge in [0.05, 0.1) is 21.3 Å². The Hall–Kier alpha value is -3.02. The molecule has 0 bridgehead atoms. The van der Waals surface area contributed by atoms with E-state index in [-0.39, 0.29) is 24.6 Å². The average molecular weight is 343 g/mol. The first-order valence-electron chi connectivity index (χ1n) is 7.71. The van der Waals surface area contributed by atoms with E-state index in [9.17, 15) is 9.59 Å². The molecule has 2 aromatic rings. The molecule has 2 rings (SSSR count). The van der Waals surface area contributed by atoms with Gasteiger partial charge in [-0.05, 0) is 17.7 Å². The predicted molar refractivity (Wildman–Crippen MR) is 92.7 cm³/mol. The van der Waals surface area contributed by atoms with Crippen molar-refractivity contribution in [3.63, 3.8) is 0 Å². The molecule has 0 aliphatic rings. The number of esters is 1. The predicted octanol–water partition coefficient (Wildman–Crippen LogP) is 2.52. The van der Waals surface area contributed by atoms with Crippen molar-refractivity contribution < 1.29 is 23.8 Å². The van der Waals surface area contributed by atoms with Crippen LogP contribution in [0.1, 0.15) is 15.9 Å². The van der Waals surface area contributed by atoms with Gasteiger partial charge in [-0.25, -0.2) is 0 Å². The molecule has 0 radical (unpaired) electrons. The molecule has 6 nitrogen and oxygen atoms in total. The van der Waals surface area contributed by atoms with Crippen molar-refractivity contribution in [1.82, 2.24) is 4.90 Å². The Morgan fingerprint density at radius 3 is 2.00 bits per heavy atom. The minimum Gasteiger partial charge on any atom is -0.496 e. The number of nitrogens with zero attached hydrogens (tertiary/aromatic N) is 1. The molecule has 0 aliphatic carbocycles. The lowest BCUT2D eigenvalue weighted by Gasteiger charge is -2.23. The zero-order valence-electron chi connectivity index (χ0n) is 14.5. The van der Waals surface area contributed by atoms with Gasteiger partial charge in [0.1, 0.15) is 23.6 Å². The zero-order chi connectivity index (χ0) is 18.2. The summed E-state index contributed by atoms with van der Waals surface area (Å²) < 4.78 is 15.3. The van der Waals surface area contributed by atoms with Crippen molar-refractivity contribution in [3.8, 4) is 11.5 Å². The molecule has 132 valence electrons. The molecule has 0 atom stereocenters. The van der Waals surface area contributed by atoms with Gasteiger partial charge in [-0.1, -0.05) is 36.4 Å². The Balaban J connectivity index is 2.39. The van der Waals surface area contributed by atoms with Crippen LogP contribution in [-0.2, 0) is 16.1 Å². The molecular formula is C19H21NO5. The van der Waals surface area contributed by atoms with Crippen molar-refractivity contribution >= 4 is 11.9 Å². The molecule has 0 aliphatic heterocycles. The number of benzene rings is 2. The van der Waals surface area contributed by atoms with Crippen molar-refractivity contribution in [2.24, 2.45) is 0 Å². The lowest BCUT2D eigenvalue weighted by Crippen LogP contribution is -2.36. The molecule has 0 aromatic heterocycles. The van der Waals surface area contributed by atoms with Gasteiger partial charge in [0.2, 0.25) is 0 Å². The summed E-state index contributed by atoms with van der Waals surface area (Å²) in [6.07, 6.45) is 0. The monoisotopic (exact) mass is 343 g/mol. The normalized spacial score (nSPS) is 10.0. The first-order valence-corrected chi connectivity index (χ1v) is 7.71. The average Bonchev–Trinajstić information content (AvgIpc) is 2.66. The molecule has 0 N–H and O–H groups in total. The third-order valence-electron chi connectivity index (χ3n) is 3.69. The third-order valence-corrected chi connectivity index (χ3v) is 3.69. The fraction of sp³-hybridized carbons (Fsp3) is 0.263. The van der Waals surface area contributed by atoms with Gasteiger partial charge in [-0.3, -0.25) is 9.59 Å². The smallest absolute Gasteiger partial charge is 0.325 e. The maximum Gasteiger partial charge on any atom is 0.325 e. The Labute approximate surface area is 146 Å². The van der Waals surface area contributed by atoms with Crippen molar-refractivity contribution in [1.29, 1.82) is 0 Å². The fourth-order valence-corrected chi connectivity index (χ4v) is 2.44. The second kappa shape index (κ2) is 8.73. The van der Waals surface area contributed by atoms with E-state index in [0.29, 0.717) is 11.5 Å². The first-order chi connectivity index (χ1) is 12.1. The highest BCUT2D eigenvalue weighted by Crippen LogP contribution is 2.30. The highest BCUT2D eigenvalue weighted by molar-refractivity contribution is 6.01. The third kappa shape index (κ3) is 4.50. The van der Waals surface area contributed by atoms with Gasteiger partial charge in [0, 0.05) is 6.54 Å². The summed E-state index contributed by atoms with van der Waals surface area (Å²) in [5.41, 5.74) is 1.17. The van der Waals surface area contributed by atoms with Crippen LogP contribution in [0.25, 0.3) is 0 Å². The van der Waals surface area contributed by atoms with Crippen LogP contribution in [0.4, 0.5) is 0 Å². The standard InChI is InChI=1S/C19H21NO5/c1-23-15-10-7-11-16(24-2)18(15)19(22)20(13-17(21)25-3)12-14-8-5-4-6-9-14/h4-11H,12-13H2,1-3H3. The van der Waals surface area contributed by atoms with Gasteiger partial charge in [0.15, 0.2) is 0 Å². The largest absolute Gasteiger partial charge is 0.496 e. The summed E-state index contributed by atoms with van der Waals surface area (Å²) >= 11 is 0. The van der Waals surface area contributed by atoms with Crippen molar-refractivity contribution in [2.75, 3.05) is 27.9 Å². The molecule has 1 amide bonds. The van der Waals surface area contributed by atoms with E-state index in [2.05, 4.69) is 0 Å². The maximum atomic E-state index is 13.1. The molecule has 0 fully saturated rings. The van der Waals surface area contributed by atoms with E-state index >= 15 is 0 Å². The van der Waals surface area contributed by atoms with Crippen LogP contribution in [0.5, 0.6) is 11.5 Å². The molecule has 2 aromatic carbocycles. The van der Waals surface area contributed by atoms with E-state index in [1.165, 1.54) is 26.2 Å². The molecule has 6 heteroatoms. The number of carbonyl (C=O) groups excluding carboxylic acids is 2. The van der Waals surface area contributed by atoms with Crippen LogP contribution in [0.2, 0.25) is 0 Å². The highest BCUT2D eigenvalue weighted by atomic mass is 16.5. The van der Waals surface area contributed by atoms with Gasteiger partial charge in [0.25, 0.3) is 5.91 Å². The first kappa shape index (κ1) is 18.3. The molecule has 0 heterocycles. The van der Waals surface area contributed by atoms with E-state index in [4.69, 9.17) is 14.2 Å². The Bertz CT molecular complexity index is 708. The van der Waals surface area contributed by atoms with Crippen LogP contribution in [0, 0.1) is 0 Å². The van der Waals surface area contributed by atoms with Crippen LogP contribution in [0.3, 0.4) is 0 Å². The minimum atomic E-state index is -0.502. The number of methoxy groups -OCH3 is 3. The van der Waals surface area contributed by atoms with Crippen molar-refractivity contribution in [3.05, 3.63) is 59.7 Å². The van der Waals surface area contributed by atoms with E-state index < -0.39 is 5.97 Å². The summed E-state index contributed by atoms with van der Waals surface area (Å²) in [4.78, 5) is 26.3. The number of amides is 1. The quantitative estimate of drug-likeness (QED) is 0.723. The van der Waals surface area contributed by atoms with Crippen molar-refractivity contribution in [2.45, 2.75) is 6.54 Å². The van der Waals surface area contributed by atoms with Crippen LogP contribution in [-0.4, -0.2) is 44.7 Å². The van der Waals surface area contributed by atoms with E-state index in [1.54, 1.807) is 18.2 Å². The Morgan fingerprint density at radius 2 is 1.48 bits per heavy atom. The van der Waals surface area contributed by atoms with Crippen LogP contribution >= 0.6 is 0 Å². The number of ether oxygens (including phenoxy) is 3. The maximum absolute atomic E-state index is 13.1. The molecule has 0 saturated heterocycles. The molecule has 25 heavy (non-hydrogen) atoms. The highest BCUT2D eigenvalue weighted by Gasteiger charge is 2.26. The SMILES string of the molecule is COC(=O)CN(Cc1ccccc1)C(=O)c1c(OC)cccc1OC. The summed E-state index contributed by atoms with van der Waals surface area (Å²) in [5.74, 6) is -0.110. The molecule has 0 unspecified atom stereocenters. The van der Waals surface area contributed by atoms with Gasteiger partial charge in [-0.2, -0.15) is 0 Å². The summed E-state index contributed by atoms with van der Waals surface area (Å²) in [6, 6.07) is 14.5. The van der Waals surface area contributed by atoms with Crippen LogP contribution in [0.15, 0.2) is 48.5 Å². The topological polar surface area (TPSA) is 65.1 Å². The number of carbonyl (C=O) groups is 2. The lowest BCUT2D eigenvalue weighted by molar-refractivity contribution is -0.141. The van der Waals surface area contributed by atoms with E-state index in [0.717, 1.165) is 5.56 Å². The number of rotatable bonds is 7. The van der Waals surface area contributed by atoms with Crippen LogP contribution < -0.4 is 9.47 Å². The molecular weight excluding hydrogens is 322 g/mol. The molecule has 0 spiro atoms. The van der Waals surface area contributed by atoms with Gasteiger partial charge >= 0.3 is 5.97 Å². The van der Waals surface area contributed by atoms with E-state index in [1.807, 2.05) is 30.3 Å². The number of hydrogen-bond acceptors (Lipinski definition) is 5. The summed E-state index contributed by atoms with van der Waals surface area (Å²) in [5, 5.41) is 0. The second-order valence-corrected chi connectivity index (χ2v) is 5.26. The second-order valence-electron chi connectivity index (χ2n) is 5.26.